The molecule has 0 saturated carbocycles. The molecular weight excluding hydrogens is 522 g/mol. The minimum Gasteiger partial charge on any atom is -0.497 e. The van der Waals surface area contributed by atoms with Crippen molar-refractivity contribution in [1.29, 1.82) is 0 Å². The number of likely N-dealkylation sites (tertiary alicyclic amines) is 1. The number of guanidine groups is 1. The van der Waals surface area contributed by atoms with Crippen molar-refractivity contribution >= 4 is 29.9 Å². The number of aliphatic imine (C=N–C) groups is 1. The molecule has 2 aromatic carbocycles. The first kappa shape index (κ1) is 26.2. The average Bonchev–Trinajstić information content (AvgIpc) is 2.81. The molecule has 8 heteroatoms. The van der Waals surface area contributed by atoms with Crippen molar-refractivity contribution < 1.29 is 13.9 Å². The minimum absolute atomic E-state index is 0. The molecule has 0 unspecified atom stereocenters. The summed E-state index contributed by atoms with van der Waals surface area (Å²) < 4.78 is 24.0. The number of hydrogen-bond acceptors (Lipinski definition) is 4. The van der Waals surface area contributed by atoms with Crippen LogP contribution in [-0.4, -0.2) is 57.3 Å². The van der Waals surface area contributed by atoms with E-state index in [9.17, 15) is 4.39 Å². The number of nitrogens with one attached hydrogen (secondary N) is 2. The molecule has 0 spiro atoms. The van der Waals surface area contributed by atoms with Gasteiger partial charge < -0.3 is 20.1 Å². The van der Waals surface area contributed by atoms with Crippen molar-refractivity contribution in [2.75, 3.05) is 40.4 Å². The lowest BCUT2D eigenvalue weighted by Gasteiger charge is -2.33. The summed E-state index contributed by atoms with van der Waals surface area (Å²) in [5.41, 5.74) is 1.15. The van der Waals surface area contributed by atoms with E-state index in [0.717, 1.165) is 68.5 Å². The maximum Gasteiger partial charge on any atom is 0.191 e. The summed E-state index contributed by atoms with van der Waals surface area (Å²) in [5, 5.41) is 6.89. The predicted octanol–water partition coefficient (Wildman–Crippen LogP) is 4.05. The summed E-state index contributed by atoms with van der Waals surface area (Å²) in [7, 11) is 3.45. The van der Waals surface area contributed by atoms with Crippen LogP contribution in [0.2, 0.25) is 0 Å². The largest absolute Gasteiger partial charge is 0.497 e. The number of ether oxygens (including phenoxy) is 2. The van der Waals surface area contributed by atoms with Gasteiger partial charge in [0.2, 0.25) is 0 Å². The van der Waals surface area contributed by atoms with E-state index in [0.29, 0.717) is 12.6 Å². The third kappa shape index (κ3) is 8.82. The van der Waals surface area contributed by atoms with Gasteiger partial charge in [0.05, 0.1) is 13.7 Å². The molecule has 1 heterocycles. The van der Waals surface area contributed by atoms with Crippen LogP contribution >= 0.6 is 24.0 Å². The molecule has 1 saturated heterocycles. The van der Waals surface area contributed by atoms with Crippen molar-refractivity contribution in [3.8, 4) is 11.5 Å². The van der Waals surface area contributed by atoms with Gasteiger partial charge in [-0.25, -0.2) is 4.39 Å². The van der Waals surface area contributed by atoms with Crippen molar-refractivity contribution in [1.82, 2.24) is 15.5 Å². The number of benzene rings is 2. The fourth-order valence-corrected chi connectivity index (χ4v) is 3.63. The Hall–Kier alpha value is -2.07. The van der Waals surface area contributed by atoms with Crippen LogP contribution in [0.3, 0.4) is 0 Å². The average molecular weight is 556 g/mol. The first-order chi connectivity index (χ1) is 15.2. The number of piperidine rings is 1. The number of rotatable bonds is 9. The lowest BCUT2D eigenvalue weighted by molar-refractivity contribution is 0.198. The van der Waals surface area contributed by atoms with Crippen LogP contribution in [0.1, 0.15) is 24.8 Å². The van der Waals surface area contributed by atoms with Crippen LogP contribution in [0.4, 0.5) is 4.39 Å². The molecule has 176 valence electrons. The summed E-state index contributed by atoms with van der Waals surface area (Å²) in [4.78, 5) is 6.76. The monoisotopic (exact) mass is 556 g/mol. The van der Waals surface area contributed by atoms with E-state index in [1.54, 1.807) is 14.2 Å². The minimum atomic E-state index is -0.183. The van der Waals surface area contributed by atoms with Gasteiger partial charge in [-0.05, 0) is 49.1 Å². The quantitative estimate of drug-likeness (QED) is 0.211. The fraction of sp³-hybridized carbons (Fsp3) is 0.458. The molecule has 0 bridgehead atoms. The molecule has 0 atom stereocenters. The zero-order chi connectivity index (χ0) is 21.9. The molecule has 32 heavy (non-hydrogen) atoms. The number of hydrogen-bond donors (Lipinski definition) is 2. The zero-order valence-corrected chi connectivity index (χ0v) is 21.2. The summed E-state index contributed by atoms with van der Waals surface area (Å²) in [6.45, 7) is 4.31. The number of methoxy groups -OCH3 is 1. The van der Waals surface area contributed by atoms with Crippen molar-refractivity contribution in [3.63, 3.8) is 0 Å². The maximum atomic E-state index is 13.1. The molecular formula is C24H34FIN4O2. The Kier molecular flexibility index (Phi) is 11.6. The molecule has 0 radical (unpaired) electrons. The highest BCUT2D eigenvalue weighted by Crippen LogP contribution is 2.19. The topological polar surface area (TPSA) is 58.1 Å². The van der Waals surface area contributed by atoms with Crippen molar-refractivity contribution in [3.05, 3.63) is 59.9 Å². The predicted molar refractivity (Wildman–Crippen MR) is 138 cm³/mol. The van der Waals surface area contributed by atoms with E-state index in [2.05, 4.69) is 20.5 Å². The molecule has 0 aliphatic carbocycles. The Morgan fingerprint density at radius 3 is 2.53 bits per heavy atom. The summed E-state index contributed by atoms with van der Waals surface area (Å²) in [5.74, 6) is 2.26. The second kappa shape index (κ2) is 14.2. The van der Waals surface area contributed by atoms with Crippen LogP contribution in [0, 0.1) is 5.82 Å². The van der Waals surface area contributed by atoms with Gasteiger partial charge >= 0.3 is 0 Å². The van der Waals surface area contributed by atoms with Gasteiger partial charge in [0.15, 0.2) is 5.96 Å². The normalized spacial score (nSPS) is 15.0. The zero-order valence-electron chi connectivity index (χ0n) is 18.9. The van der Waals surface area contributed by atoms with Crippen molar-refractivity contribution in [2.45, 2.75) is 31.8 Å². The third-order valence-electron chi connectivity index (χ3n) is 5.39. The molecule has 1 aliphatic heterocycles. The third-order valence-corrected chi connectivity index (χ3v) is 5.39. The van der Waals surface area contributed by atoms with Crippen LogP contribution < -0.4 is 20.1 Å². The van der Waals surface area contributed by atoms with Gasteiger partial charge in [0.25, 0.3) is 0 Å². The maximum absolute atomic E-state index is 13.1. The highest BCUT2D eigenvalue weighted by Gasteiger charge is 2.20. The highest BCUT2D eigenvalue weighted by molar-refractivity contribution is 14.0. The van der Waals surface area contributed by atoms with E-state index >= 15 is 0 Å². The second-order valence-corrected chi connectivity index (χ2v) is 7.70. The molecule has 1 fully saturated rings. The number of nitrogens with zero attached hydrogens (tertiary/aromatic N) is 2. The van der Waals surface area contributed by atoms with E-state index in [1.165, 1.54) is 12.1 Å². The Morgan fingerprint density at radius 2 is 1.84 bits per heavy atom. The molecule has 3 rings (SSSR count). The molecule has 0 aromatic heterocycles. The Bertz CT molecular complexity index is 827. The smallest absolute Gasteiger partial charge is 0.191 e. The lowest BCUT2D eigenvalue weighted by Crippen LogP contribution is -2.48. The first-order valence-electron chi connectivity index (χ1n) is 10.9. The van der Waals surface area contributed by atoms with E-state index < -0.39 is 0 Å². The molecule has 2 N–H and O–H groups in total. The van der Waals surface area contributed by atoms with E-state index in [-0.39, 0.29) is 29.8 Å². The Morgan fingerprint density at radius 1 is 1.12 bits per heavy atom. The van der Waals surface area contributed by atoms with Gasteiger partial charge in [-0.1, -0.05) is 18.2 Å². The van der Waals surface area contributed by atoms with Crippen LogP contribution in [0.15, 0.2) is 53.5 Å². The molecule has 2 aromatic rings. The lowest BCUT2D eigenvalue weighted by atomic mass is 10.0. The van der Waals surface area contributed by atoms with Gasteiger partial charge in [-0.2, -0.15) is 0 Å². The van der Waals surface area contributed by atoms with Gasteiger partial charge in [-0.15, -0.1) is 24.0 Å². The van der Waals surface area contributed by atoms with Gasteiger partial charge in [0, 0.05) is 45.3 Å². The first-order valence-corrected chi connectivity index (χ1v) is 10.9. The van der Waals surface area contributed by atoms with E-state index in [1.807, 2.05) is 36.4 Å². The molecule has 1 aliphatic rings. The summed E-state index contributed by atoms with van der Waals surface area (Å²) in [6.07, 6.45) is 2.98. The van der Waals surface area contributed by atoms with Gasteiger partial charge in [0.1, 0.15) is 17.3 Å². The molecule has 6 nitrogen and oxygen atoms in total. The SMILES string of the molecule is CN=C(NCCCOc1cccc(OC)c1)NC1CCN(Cc2ccc(F)cc2)CC1.I. The van der Waals surface area contributed by atoms with E-state index in [4.69, 9.17) is 9.47 Å². The second-order valence-electron chi connectivity index (χ2n) is 7.70. The molecule has 0 amide bonds. The highest BCUT2D eigenvalue weighted by atomic mass is 127. The summed E-state index contributed by atoms with van der Waals surface area (Å²) in [6, 6.07) is 14.8. The number of halogens is 2. The van der Waals surface area contributed by atoms with Crippen LogP contribution in [0.25, 0.3) is 0 Å². The van der Waals surface area contributed by atoms with Crippen LogP contribution in [-0.2, 0) is 6.54 Å². The van der Waals surface area contributed by atoms with Crippen molar-refractivity contribution in [2.24, 2.45) is 4.99 Å². The van der Waals surface area contributed by atoms with Crippen LogP contribution in [0.5, 0.6) is 11.5 Å². The Balaban J connectivity index is 0.00000363. The fourth-order valence-electron chi connectivity index (χ4n) is 3.63. The standard InChI is InChI=1S/C24H33FN4O2.HI/c1-26-24(27-13-4-16-31-23-6-3-5-22(17-23)30-2)28-21-11-14-29(15-12-21)18-19-7-9-20(25)10-8-19;/h3,5-10,17,21H,4,11-16,18H2,1-2H3,(H2,26,27,28);1H. The Labute approximate surface area is 207 Å². The van der Waals surface area contributed by atoms with Gasteiger partial charge in [-0.3, -0.25) is 9.89 Å². The summed E-state index contributed by atoms with van der Waals surface area (Å²) >= 11 is 0.